The van der Waals surface area contributed by atoms with Gasteiger partial charge in [0, 0.05) is 42.3 Å². The van der Waals surface area contributed by atoms with Crippen molar-refractivity contribution in [2.24, 2.45) is 0 Å². The molecule has 0 saturated carbocycles. The number of fused-ring (bicyclic) bond motifs is 1. The van der Waals surface area contributed by atoms with Crippen LogP contribution in [0, 0.1) is 6.92 Å². The summed E-state index contributed by atoms with van der Waals surface area (Å²) in [5.74, 6) is 0.959. The van der Waals surface area contributed by atoms with Gasteiger partial charge >= 0.3 is 0 Å². The molecule has 0 bridgehead atoms. The molecule has 1 aliphatic heterocycles. The Balaban J connectivity index is 1.36. The maximum Gasteiger partial charge on any atom is 0.253 e. The number of aryl methyl sites for hydroxylation is 1. The highest BCUT2D eigenvalue weighted by Crippen LogP contribution is 2.34. The Morgan fingerprint density at radius 1 is 0.968 bits per heavy atom. The summed E-state index contributed by atoms with van der Waals surface area (Å²) in [6.07, 6.45) is 1.59. The topological polar surface area (TPSA) is 62.2 Å². The lowest BCUT2D eigenvalue weighted by atomic mass is 10.1. The molecule has 4 aromatic rings. The molecule has 1 amide bonds. The van der Waals surface area contributed by atoms with Crippen molar-refractivity contribution in [3.63, 3.8) is 0 Å². The first-order valence-electron chi connectivity index (χ1n) is 10.1. The first-order valence-corrected chi connectivity index (χ1v) is 11.2. The number of piperazine rings is 1. The highest BCUT2D eigenvalue weighted by molar-refractivity contribution is 7.14. The van der Waals surface area contributed by atoms with Crippen LogP contribution in [0.1, 0.15) is 15.9 Å². The van der Waals surface area contributed by atoms with Gasteiger partial charge < -0.3 is 9.80 Å². The van der Waals surface area contributed by atoms with E-state index in [4.69, 9.17) is 11.6 Å². The Morgan fingerprint density at radius 3 is 2.39 bits per heavy atom. The fourth-order valence-corrected chi connectivity index (χ4v) is 4.77. The van der Waals surface area contributed by atoms with Crippen molar-refractivity contribution in [1.29, 1.82) is 0 Å². The number of carbonyl (C=O) groups is 1. The molecular weight excluding hydrogens is 430 g/mol. The summed E-state index contributed by atoms with van der Waals surface area (Å²) in [5.41, 5.74) is 4.55. The smallest absolute Gasteiger partial charge is 0.253 e. The number of benzene rings is 2. The van der Waals surface area contributed by atoms with E-state index in [9.17, 15) is 4.79 Å². The molecule has 1 aliphatic rings. The van der Waals surface area contributed by atoms with Gasteiger partial charge in [-0.3, -0.25) is 4.79 Å². The zero-order valence-electron chi connectivity index (χ0n) is 17.0. The summed E-state index contributed by atoms with van der Waals surface area (Å²) in [7, 11) is 0. The molecule has 6 nitrogen and oxygen atoms in total. The number of hydrogen-bond donors (Lipinski definition) is 0. The van der Waals surface area contributed by atoms with Gasteiger partial charge in [-0.1, -0.05) is 41.4 Å². The van der Waals surface area contributed by atoms with Crippen molar-refractivity contribution in [3.8, 4) is 11.3 Å². The molecule has 0 radical (unpaired) electrons. The maximum absolute atomic E-state index is 12.8. The van der Waals surface area contributed by atoms with Crippen molar-refractivity contribution in [2.45, 2.75) is 6.92 Å². The molecule has 1 fully saturated rings. The molecule has 8 heteroatoms. The van der Waals surface area contributed by atoms with Gasteiger partial charge in [-0.15, -0.1) is 0 Å². The minimum absolute atomic E-state index is 0.0790. The lowest BCUT2D eigenvalue weighted by Gasteiger charge is -2.35. The number of hydrogen-bond acceptors (Lipinski definition) is 6. The minimum atomic E-state index is 0.0790. The largest absolute Gasteiger partial charge is 0.352 e. The molecule has 2 aromatic heterocycles. The van der Waals surface area contributed by atoms with Gasteiger partial charge in [0.1, 0.15) is 22.2 Å². The van der Waals surface area contributed by atoms with Crippen molar-refractivity contribution < 1.29 is 4.79 Å². The molecule has 2 aromatic carbocycles. The zero-order valence-corrected chi connectivity index (χ0v) is 18.5. The van der Waals surface area contributed by atoms with E-state index in [2.05, 4.69) is 19.2 Å². The zero-order chi connectivity index (χ0) is 21.4. The van der Waals surface area contributed by atoms with Crippen LogP contribution >= 0.6 is 23.1 Å². The van der Waals surface area contributed by atoms with Gasteiger partial charge in [-0.25, -0.2) is 9.97 Å². The first-order chi connectivity index (χ1) is 15.1. The third kappa shape index (κ3) is 3.86. The van der Waals surface area contributed by atoms with Gasteiger partial charge in [-0.2, -0.15) is 4.37 Å². The molecule has 0 atom stereocenters. The highest BCUT2D eigenvalue weighted by Gasteiger charge is 2.25. The summed E-state index contributed by atoms with van der Waals surface area (Å²) in [5, 5.41) is 0.691. The Morgan fingerprint density at radius 2 is 1.68 bits per heavy atom. The average Bonchev–Trinajstić information content (AvgIpc) is 3.24. The van der Waals surface area contributed by atoms with Crippen LogP contribution in [0.3, 0.4) is 0 Å². The van der Waals surface area contributed by atoms with Crippen LogP contribution in [-0.4, -0.2) is 51.3 Å². The normalized spacial score (nSPS) is 14.3. The van der Waals surface area contributed by atoms with E-state index in [0.717, 1.165) is 51.5 Å². The van der Waals surface area contributed by atoms with E-state index in [1.54, 1.807) is 6.33 Å². The second kappa shape index (κ2) is 8.24. The van der Waals surface area contributed by atoms with Crippen molar-refractivity contribution in [3.05, 3.63) is 71.0 Å². The van der Waals surface area contributed by atoms with Crippen molar-refractivity contribution in [1.82, 2.24) is 19.2 Å². The van der Waals surface area contributed by atoms with E-state index >= 15 is 0 Å². The van der Waals surface area contributed by atoms with Crippen molar-refractivity contribution >= 4 is 45.1 Å². The van der Waals surface area contributed by atoms with Crippen LogP contribution in [0.15, 0.2) is 54.9 Å². The SMILES string of the molecule is Cc1ccc(C(=O)N2CCN(c3ncnc4c(-c5ccc(Cl)cc5)nsc34)CC2)cc1. The summed E-state index contributed by atoms with van der Waals surface area (Å²) < 4.78 is 5.61. The predicted molar refractivity (Wildman–Crippen MR) is 125 cm³/mol. The van der Waals surface area contributed by atoms with Crippen LogP contribution < -0.4 is 4.90 Å². The molecule has 0 unspecified atom stereocenters. The minimum Gasteiger partial charge on any atom is -0.352 e. The third-order valence-corrected chi connectivity index (χ3v) is 6.60. The number of nitrogens with zero attached hydrogens (tertiary/aromatic N) is 5. The van der Waals surface area contributed by atoms with Crippen LogP contribution in [0.4, 0.5) is 5.82 Å². The molecule has 0 aliphatic carbocycles. The molecule has 0 spiro atoms. The number of amides is 1. The molecule has 3 heterocycles. The molecule has 156 valence electrons. The molecule has 31 heavy (non-hydrogen) atoms. The van der Waals surface area contributed by atoms with Crippen LogP contribution in [0.25, 0.3) is 21.5 Å². The van der Waals surface area contributed by atoms with Crippen LogP contribution in [-0.2, 0) is 0 Å². The molecule has 0 N–H and O–H groups in total. The summed E-state index contributed by atoms with van der Waals surface area (Å²) in [6, 6.07) is 15.4. The van der Waals surface area contributed by atoms with Gasteiger partial charge in [-0.05, 0) is 42.7 Å². The predicted octanol–water partition coefficient (Wildman–Crippen LogP) is 4.68. The lowest BCUT2D eigenvalue weighted by molar-refractivity contribution is 0.0746. The summed E-state index contributed by atoms with van der Waals surface area (Å²) in [4.78, 5) is 26.0. The number of carbonyl (C=O) groups excluding carboxylic acids is 1. The van der Waals surface area contributed by atoms with E-state index < -0.39 is 0 Å². The van der Waals surface area contributed by atoms with Crippen LogP contribution in [0.2, 0.25) is 5.02 Å². The first kappa shape index (κ1) is 19.9. The fourth-order valence-electron chi connectivity index (χ4n) is 3.77. The molecular formula is C23H20ClN5OS. The summed E-state index contributed by atoms with van der Waals surface area (Å²) >= 11 is 7.43. The quantitative estimate of drug-likeness (QED) is 0.454. The highest BCUT2D eigenvalue weighted by atomic mass is 35.5. The maximum atomic E-state index is 12.8. The van der Waals surface area contributed by atoms with E-state index in [0.29, 0.717) is 18.1 Å². The van der Waals surface area contributed by atoms with E-state index in [-0.39, 0.29) is 5.91 Å². The standard InChI is InChI=1S/C23H20ClN5OS/c1-15-2-4-17(5-3-15)23(30)29-12-10-28(11-13-29)22-21-20(25-14-26-22)19(27-31-21)16-6-8-18(24)9-7-16/h2-9,14H,10-13H2,1H3. The van der Waals surface area contributed by atoms with E-state index in [1.807, 2.05) is 60.4 Å². The third-order valence-electron chi connectivity index (χ3n) is 5.52. The summed E-state index contributed by atoms with van der Waals surface area (Å²) in [6.45, 7) is 4.77. The lowest BCUT2D eigenvalue weighted by Crippen LogP contribution is -2.49. The Labute approximate surface area is 189 Å². The van der Waals surface area contributed by atoms with E-state index in [1.165, 1.54) is 11.5 Å². The second-order valence-corrected chi connectivity index (χ2v) is 8.77. The second-order valence-electron chi connectivity index (χ2n) is 7.56. The van der Waals surface area contributed by atoms with Crippen molar-refractivity contribution in [2.75, 3.05) is 31.1 Å². The van der Waals surface area contributed by atoms with Gasteiger partial charge in [0.2, 0.25) is 0 Å². The Hall–Kier alpha value is -3.03. The van der Waals surface area contributed by atoms with Gasteiger partial charge in [0.05, 0.1) is 0 Å². The monoisotopic (exact) mass is 449 g/mol. The molecule has 5 rings (SSSR count). The Kier molecular flexibility index (Phi) is 5.29. The average molecular weight is 450 g/mol. The number of rotatable bonds is 3. The number of halogens is 1. The molecule has 1 saturated heterocycles. The number of aromatic nitrogens is 3. The Bertz CT molecular complexity index is 1230. The number of anilines is 1. The fraction of sp³-hybridized carbons (Fsp3) is 0.217. The van der Waals surface area contributed by atoms with Gasteiger partial charge in [0.15, 0.2) is 5.82 Å². The van der Waals surface area contributed by atoms with Crippen LogP contribution in [0.5, 0.6) is 0 Å². The van der Waals surface area contributed by atoms with Gasteiger partial charge in [0.25, 0.3) is 5.91 Å².